The van der Waals surface area contributed by atoms with E-state index < -0.39 is 0 Å². The Morgan fingerprint density at radius 1 is 1.10 bits per heavy atom. The molecular weight excluding hydrogens is 254 g/mol. The van der Waals surface area contributed by atoms with Gasteiger partial charge in [0.25, 0.3) is 0 Å². The summed E-state index contributed by atoms with van der Waals surface area (Å²) < 4.78 is 1.58. The molecule has 0 radical (unpaired) electrons. The van der Waals surface area contributed by atoms with Gasteiger partial charge in [-0.25, -0.2) is 0 Å². The number of rotatable bonds is 0. The van der Waals surface area contributed by atoms with E-state index in [2.05, 4.69) is 35.3 Å². The molecule has 0 unspecified atom stereocenters. The van der Waals surface area contributed by atoms with E-state index in [4.69, 9.17) is 0 Å². The minimum absolute atomic E-state index is 0.762. The van der Waals surface area contributed by atoms with E-state index in [-0.39, 0.29) is 0 Å². The van der Waals surface area contributed by atoms with Crippen LogP contribution in [0.4, 0.5) is 0 Å². The normalized spacial score (nSPS) is 14.8. The molecule has 0 saturated heterocycles. The van der Waals surface area contributed by atoms with E-state index in [0.29, 0.717) is 0 Å². The molecule has 1 aromatic carbocycles. The molecule has 0 aromatic heterocycles. The molecule has 0 fully saturated rings. The fraction of sp³-hybridized carbons (Fsp3) is 0. The number of fused-ring (bicyclic) bond motifs is 1. The van der Waals surface area contributed by atoms with Gasteiger partial charge in [0.15, 0.2) is 0 Å². The van der Waals surface area contributed by atoms with Crippen molar-refractivity contribution in [3.05, 3.63) is 34.8 Å². The van der Waals surface area contributed by atoms with Gasteiger partial charge >= 0.3 is 71.6 Å². The first-order chi connectivity index (χ1) is 4.97. The third-order valence-corrected chi connectivity index (χ3v) is 7.46. The number of hydrogen-bond donors (Lipinski definition) is 0. The van der Waals surface area contributed by atoms with Crippen LogP contribution in [0.1, 0.15) is 5.56 Å². The molecule has 1 aliphatic rings. The summed E-state index contributed by atoms with van der Waals surface area (Å²) >= 11 is 1.54. The second-order valence-corrected chi connectivity index (χ2v) is 8.18. The van der Waals surface area contributed by atoms with Crippen molar-refractivity contribution in [2.45, 2.75) is 0 Å². The first-order valence-electron chi connectivity index (χ1n) is 3.06. The van der Waals surface area contributed by atoms with Crippen LogP contribution in [0.15, 0.2) is 29.2 Å². The van der Waals surface area contributed by atoms with Crippen molar-refractivity contribution >= 4 is 36.8 Å². The van der Waals surface area contributed by atoms with Gasteiger partial charge in [0.2, 0.25) is 0 Å². The maximum absolute atomic E-state index is 2.33. The van der Waals surface area contributed by atoms with Crippen molar-refractivity contribution in [1.29, 1.82) is 0 Å². The Balaban J connectivity index is 2.54. The standard InChI is InChI=1S/C8H6Se2/c1-2-4-8-7(3-1)5-6-9-10-8/h1-6H. The molecule has 2 heteroatoms. The van der Waals surface area contributed by atoms with Crippen molar-refractivity contribution < 1.29 is 0 Å². The van der Waals surface area contributed by atoms with E-state index in [0.717, 1.165) is 26.3 Å². The van der Waals surface area contributed by atoms with Crippen LogP contribution in [0.2, 0.25) is 0 Å². The SMILES string of the molecule is C1=Cc2ccccc2[Se][Se]1. The van der Waals surface area contributed by atoms with E-state index >= 15 is 0 Å². The zero-order valence-electron chi connectivity index (χ0n) is 5.28. The van der Waals surface area contributed by atoms with Crippen molar-refractivity contribution in [3.8, 4) is 0 Å². The Kier molecular flexibility index (Phi) is 1.97. The molecular formula is C8H6Se2. The Morgan fingerprint density at radius 2 is 2.00 bits per heavy atom. The maximum atomic E-state index is 2.33. The monoisotopic (exact) mass is 262 g/mol. The fourth-order valence-electron chi connectivity index (χ4n) is 0.875. The fourth-order valence-corrected chi connectivity index (χ4v) is 6.40. The van der Waals surface area contributed by atoms with Crippen LogP contribution in [0.25, 0.3) is 6.08 Å². The van der Waals surface area contributed by atoms with Crippen LogP contribution in [-0.4, -0.2) is 26.3 Å². The van der Waals surface area contributed by atoms with E-state index in [1.807, 2.05) is 0 Å². The van der Waals surface area contributed by atoms with Crippen LogP contribution in [-0.2, 0) is 0 Å². The minimum atomic E-state index is 0.762. The zero-order chi connectivity index (χ0) is 6.81. The molecule has 0 spiro atoms. The molecule has 0 aliphatic carbocycles. The predicted molar refractivity (Wildman–Crippen MR) is 46.6 cm³/mol. The number of benzene rings is 1. The molecule has 10 heavy (non-hydrogen) atoms. The molecule has 0 nitrogen and oxygen atoms in total. The molecule has 0 amide bonds. The Hall–Kier alpha value is -0.00104. The molecule has 1 aliphatic heterocycles. The van der Waals surface area contributed by atoms with Crippen LogP contribution < -0.4 is 4.46 Å². The summed E-state index contributed by atoms with van der Waals surface area (Å²) in [5.74, 6) is 0. The van der Waals surface area contributed by atoms with Gasteiger partial charge in [0.1, 0.15) is 0 Å². The molecule has 50 valence electrons. The van der Waals surface area contributed by atoms with E-state index in [1.54, 1.807) is 4.46 Å². The second-order valence-electron chi connectivity index (χ2n) is 2.02. The third kappa shape index (κ3) is 1.21. The van der Waals surface area contributed by atoms with Crippen molar-refractivity contribution in [2.75, 3.05) is 0 Å². The summed E-state index contributed by atoms with van der Waals surface area (Å²) in [5, 5.41) is 0. The Labute approximate surface area is 71.6 Å². The molecule has 0 bridgehead atoms. The van der Waals surface area contributed by atoms with Crippen LogP contribution in [0.3, 0.4) is 0 Å². The summed E-state index contributed by atoms with van der Waals surface area (Å²) in [4.78, 5) is 2.33. The quantitative estimate of drug-likeness (QED) is 0.600. The topological polar surface area (TPSA) is 0 Å². The van der Waals surface area contributed by atoms with E-state index in [9.17, 15) is 0 Å². The molecule has 1 aromatic rings. The first-order valence-corrected chi connectivity index (χ1v) is 9.23. The third-order valence-electron chi connectivity index (χ3n) is 1.36. The Bertz CT molecular complexity index is 266. The summed E-state index contributed by atoms with van der Waals surface area (Å²) in [7, 11) is 0. The molecule has 0 N–H and O–H groups in total. The average Bonchev–Trinajstić information content (AvgIpc) is 2.05. The first kappa shape index (κ1) is 6.69. The summed E-state index contributed by atoms with van der Waals surface area (Å²) in [5.41, 5.74) is 1.44. The zero-order valence-corrected chi connectivity index (χ0v) is 8.71. The van der Waals surface area contributed by atoms with E-state index in [1.165, 1.54) is 5.56 Å². The van der Waals surface area contributed by atoms with Gasteiger partial charge in [-0.05, 0) is 0 Å². The molecule has 2 rings (SSSR count). The summed E-state index contributed by atoms with van der Waals surface area (Å²) in [6, 6.07) is 8.69. The molecule has 0 atom stereocenters. The average molecular weight is 260 g/mol. The van der Waals surface area contributed by atoms with Crippen LogP contribution >= 0.6 is 0 Å². The Morgan fingerprint density at radius 3 is 2.90 bits per heavy atom. The van der Waals surface area contributed by atoms with Crippen LogP contribution in [0, 0.1) is 0 Å². The summed E-state index contributed by atoms with van der Waals surface area (Å²) in [6.07, 6.45) is 2.25. The van der Waals surface area contributed by atoms with Gasteiger partial charge < -0.3 is 0 Å². The van der Waals surface area contributed by atoms with Crippen molar-refractivity contribution in [1.82, 2.24) is 0 Å². The second kappa shape index (κ2) is 2.94. The predicted octanol–water partition coefficient (Wildman–Crippen LogP) is 0.620. The van der Waals surface area contributed by atoms with Gasteiger partial charge in [-0.2, -0.15) is 0 Å². The van der Waals surface area contributed by atoms with Gasteiger partial charge in [-0.3, -0.25) is 0 Å². The van der Waals surface area contributed by atoms with Crippen molar-refractivity contribution in [2.24, 2.45) is 0 Å². The van der Waals surface area contributed by atoms with Crippen molar-refractivity contribution in [3.63, 3.8) is 0 Å². The van der Waals surface area contributed by atoms with Gasteiger partial charge in [0, 0.05) is 0 Å². The summed E-state index contributed by atoms with van der Waals surface area (Å²) in [6.45, 7) is 0. The number of hydrogen-bond acceptors (Lipinski definition) is 0. The molecule has 0 saturated carbocycles. The van der Waals surface area contributed by atoms with Gasteiger partial charge in [-0.1, -0.05) is 0 Å². The van der Waals surface area contributed by atoms with Gasteiger partial charge in [0.05, 0.1) is 0 Å². The van der Waals surface area contributed by atoms with Gasteiger partial charge in [-0.15, -0.1) is 0 Å². The molecule has 1 heterocycles. The van der Waals surface area contributed by atoms with Crippen LogP contribution in [0.5, 0.6) is 0 Å².